The summed E-state index contributed by atoms with van der Waals surface area (Å²) >= 11 is 0. The van der Waals surface area contributed by atoms with E-state index in [0.717, 1.165) is 12.4 Å². The molecule has 1 aromatic heterocycles. The van der Waals surface area contributed by atoms with Crippen LogP contribution < -0.4 is 9.64 Å². The molecular weight excluding hydrogens is 152 g/mol. The maximum Gasteiger partial charge on any atom is 0.214 e. The molecule has 3 nitrogen and oxygen atoms in total. The van der Waals surface area contributed by atoms with Crippen LogP contribution >= 0.6 is 0 Å². The molecule has 0 spiro atoms. The van der Waals surface area contributed by atoms with Crippen LogP contribution in [0.25, 0.3) is 0 Å². The van der Waals surface area contributed by atoms with Crippen LogP contribution in [0.3, 0.4) is 0 Å². The van der Waals surface area contributed by atoms with E-state index in [0.29, 0.717) is 5.88 Å². The van der Waals surface area contributed by atoms with Gasteiger partial charge in [0.05, 0.1) is 7.11 Å². The molecule has 0 aliphatic rings. The molecule has 0 aliphatic heterocycles. The van der Waals surface area contributed by atoms with Crippen molar-refractivity contribution in [2.24, 2.45) is 0 Å². The maximum atomic E-state index is 5.01. The molecule has 0 N–H and O–H groups in total. The van der Waals surface area contributed by atoms with Gasteiger partial charge in [-0.15, -0.1) is 0 Å². The van der Waals surface area contributed by atoms with Crippen LogP contribution in [0.2, 0.25) is 0 Å². The van der Waals surface area contributed by atoms with Gasteiger partial charge in [0.2, 0.25) is 5.88 Å². The standard InChI is InChI=1S/C9H14N2O/c1-4-11(2)8-6-5-7-9(10-8)12-3/h5-7H,4H2,1-3H3. The van der Waals surface area contributed by atoms with E-state index in [-0.39, 0.29) is 0 Å². The van der Waals surface area contributed by atoms with Crippen molar-refractivity contribution in [3.8, 4) is 5.88 Å². The van der Waals surface area contributed by atoms with Crippen LogP contribution in [0.4, 0.5) is 5.82 Å². The van der Waals surface area contributed by atoms with Gasteiger partial charge in [0.25, 0.3) is 0 Å². The summed E-state index contributed by atoms with van der Waals surface area (Å²) in [5.41, 5.74) is 0. The minimum atomic E-state index is 0.660. The molecule has 0 saturated heterocycles. The summed E-state index contributed by atoms with van der Waals surface area (Å²) in [6.07, 6.45) is 0. The SMILES string of the molecule is CCN(C)c1cccc(OC)n1. The fourth-order valence-corrected chi connectivity index (χ4v) is 0.892. The zero-order valence-electron chi connectivity index (χ0n) is 7.74. The highest BCUT2D eigenvalue weighted by Crippen LogP contribution is 2.13. The van der Waals surface area contributed by atoms with Crippen LogP contribution in [0.15, 0.2) is 18.2 Å². The summed E-state index contributed by atoms with van der Waals surface area (Å²) < 4.78 is 5.01. The molecular formula is C9H14N2O. The number of ether oxygens (including phenoxy) is 1. The lowest BCUT2D eigenvalue weighted by molar-refractivity contribution is 0.398. The second-order valence-electron chi connectivity index (χ2n) is 2.55. The Morgan fingerprint density at radius 2 is 2.25 bits per heavy atom. The lowest BCUT2D eigenvalue weighted by Crippen LogP contribution is -2.17. The lowest BCUT2D eigenvalue weighted by Gasteiger charge is -2.15. The van der Waals surface area contributed by atoms with Crippen molar-refractivity contribution in [3.63, 3.8) is 0 Å². The van der Waals surface area contributed by atoms with Gasteiger partial charge in [-0.2, -0.15) is 4.98 Å². The van der Waals surface area contributed by atoms with E-state index in [4.69, 9.17) is 4.74 Å². The van der Waals surface area contributed by atoms with Crippen molar-refractivity contribution in [2.45, 2.75) is 6.92 Å². The predicted molar refractivity (Wildman–Crippen MR) is 49.7 cm³/mol. The highest BCUT2D eigenvalue weighted by Gasteiger charge is 1.99. The molecule has 0 bridgehead atoms. The number of pyridine rings is 1. The quantitative estimate of drug-likeness (QED) is 0.681. The van der Waals surface area contributed by atoms with Gasteiger partial charge in [-0.05, 0) is 13.0 Å². The van der Waals surface area contributed by atoms with Crippen molar-refractivity contribution < 1.29 is 4.74 Å². The number of rotatable bonds is 3. The Hall–Kier alpha value is -1.25. The first-order valence-corrected chi connectivity index (χ1v) is 4.00. The Bertz CT molecular complexity index is 250. The molecule has 66 valence electrons. The first kappa shape index (κ1) is 8.84. The van der Waals surface area contributed by atoms with Gasteiger partial charge in [0.15, 0.2) is 0 Å². The fourth-order valence-electron chi connectivity index (χ4n) is 0.892. The smallest absolute Gasteiger partial charge is 0.214 e. The van der Waals surface area contributed by atoms with Gasteiger partial charge >= 0.3 is 0 Å². The van der Waals surface area contributed by atoms with Crippen LogP contribution in [-0.2, 0) is 0 Å². The third kappa shape index (κ3) is 1.87. The van der Waals surface area contributed by atoms with E-state index >= 15 is 0 Å². The fraction of sp³-hybridized carbons (Fsp3) is 0.444. The van der Waals surface area contributed by atoms with Crippen LogP contribution in [0, 0.1) is 0 Å². The van der Waals surface area contributed by atoms with Gasteiger partial charge in [0, 0.05) is 19.7 Å². The molecule has 0 amide bonds. The van der Waals surface area contributed by atoms with Gasteiger partial charge in [0.1, 0.15) is 5.82 Å². The van der Waals surface area contributed by atoms with Crippen molar-refractivity contribution in [1.29, 1.82) is 0 Å². The van der Waals surface area contributed by atoms with E-state index in [2.05, 4.69) is 16.8 Å². The first-order valence-electron chi connectivity index (χ1n) is 4.00. The van der Waals surface area contributed by atoms with Gasteiger partial charge in [-0.25, -0.2) is 0 Å². The number of aromatic nitrogens is 1. The summed E-state index contributed by atoms with van der Waals surface area (Å²) in [6.45, 7) is 3.03. The van der Waals surface area contributed by atoms with E-state index in [1.807, 2.05) is 25.2 Å². The van der Waals surface area contributed by atoms with E-state index < -0.39 is 0 Å². The second kappa shape index (κ2) is 3.95. The molecule has 0 aromatic carbocycles. The third-order valence-corrected chi connectivity index (χ3v) is 1.78. The summed E-state index contributed by atoms with van der Waals surface area (Å²) in [5.74, 6) is 1.60. The van der Waals surface area contributed by atoms with Crippen molar-refractivity contribution in [2.75, 3.05) is 25.6 Å². The normalized spacial score (nSPS) is 9.58. The Morgan fingerprint density at radius 3 is 2.83 bits per heavy atom. The molecule has 1 aromatic rings. The second-order valence-corrected chi connectivity index (χ2v) is 2.55. The maximum absolute atomic E-state index is 5.01. The number of hydrogen-bond donors (Lipinski definition) is 0. The van der Waals surface area contributed by atoms with Crippen molar-refractivity contribution in [1.82, 2.24) is 4.98 Å². The molecule has 0 aliphatic carbocycles. The summed E-state index contributed by atoms with van der Waals surface area (Å²) in [6, 6.07) is 5.74. The Labute approximate surface area is 73.0 Å². The first-order chi connectivity index (χ1) is 5.77. The number of hydrogen-bond acceptors (Lipinski definition) is 3. The highest BCUT2D eigenvalue weighted by atomic mass is 16.5. The minimum absolute atomic E-state index is 0.660. The monoisotopic (exact) mass is 166 g/mol. The van der Waals surface area contributed by atoms with E-state index in [1.54, 1.807) is 7.11 Å². The number of anilines is 1. The van der Waals surface area contributed by atoms with E-state index in [1.165, 1.54) is 0 Å². The molecule has 12 heavy (non-hydrogen) atoms. The van der Waals surface area contributed by atoms with Gasteiger partial charge in [-0.1, -0.05) is 6.07 Å². The van der Waals surface area contributed by atoms with Gasteiger partial charge in [-0.3, -0.25) is 0 Å². The molecule has 0 atom stereocenters. The topological polar surface area (TPSA) is 25.4 Å². The molecule has 3 heteroatoms. The van der Waals surface area contributed by atoms with Crippen LogP contribution in [-0.4, -0.2) is 25.7 Å². The Morgan fingerprint density at radius 1 is 1.50 bits per heavy atom. The number of nitrogens with zero attached hydrogens (tertiary/aromatic N) is 2. The molecule has 1 rings (SSSR count). The van der Waals surface area contributed by atoms with Crippen molar-refractivity contribution >= 4 is 5.82 Å². The average Bonchev–Trinajstić information content (AvgIpc) is 2.17. The van der Waals surface area contributed by atoms with E-state index in [9.17, 15) is 0 Å². The minimum Gasteiger partial charge on any atom is -0.481 e. The summed E-state index contributed by atoms with van der Waals surface area (Å²) in [4.78, 5) is 6.32. The van der Waals surface area contributed by atoms with Crippen LogP contribution in [0.5, 0.6) is 5.88 Å². The van der Waals surface area contributed by atoms with Crippen molar-refractivity contribution in [3.05, 3.63) is 18.2 Å². The average molecular weight is 166 g/mol. The molecule has 0 unspecified atom stereocenters. The third-order valence-electron chi connectivity index (χ3n) is 1.78. The zero-order valence-corrected chi connectivity index (χ0v) is 7.74. The Balaban J connectivity index is 2.86. The summed E-state index contributed by atoms with van der Waals surface area (Å²) in [7, 11) is 3.62. The molecule has 0 saturated carbocycles. The van der Waals surface area contributed by atoms with Gasteiger partial charge < -0.3 is 9.64 Å². The number of methoxy groups -OCH3 is 1. The molecule has 0 radical (unpaired) electrons. The highest BCUT2D eigenvalue weighted by molar-refractivity contribution is 5.39. The predicted octanol–water partition coefficient (Wildman–Crippen LogP) is 1.55. The Kier molecular flexibility index (Phi) is 2.91. The zero-order chi connectivity index (χ0) is 8.97. The molecule has 1 heterocycles. The lowest BCUT2D eigenvalue weighted by atomic mass is 10.4. The summed E-state index contributed by atoms with van der Waals surface area (Å²) in [5, 5.41) is 0. The van der Waals surface area contributed by atoms with Crippen LogP contribution in [0.1, 0.15) is 6.92 Å². The molecule has 0 fully saturated rings. The largest absolute Gasteiger partial charge is 0.481 e.